The molecule has 0 fully saturated rings. The molecule has 0 aliphatic carbocycles. The first-order chi connectivity index (χ1) is 8.58. The van der Waals surface area contributed by atoms with Gasteiger partial charge in [-0.05, 0) is 31.0 Å². The Morgan fingerprint density at radius 2 is 1.67 bits per heavy atom. The van der Waals surface area contributed by atoms with Crippen molar-refractivity contribution in [1.82, 2.24) is 0 Å². The van der Waals surface area contributed by atoms with Gasteiger partial charge in [0.1, 0.15) is 0 Å². The summed E-state index contributed by atoms with van der Waals surface area (Å²) >= 11 is 16.1. The third kappa shape index (κ3) is 3.28. The summed E-state index contributed by atoms with van der Waals surface area (Å²) in [4.78, 5) is 0.125. The van der Waals surface area contributed by atoms with Crippen molar-refractivity contribution in [2.75, 3.05) is 0 Å². The molecule has 1 atom stereocenters. The summed E-state index contributed by atoms with van der Waals surface area (Å²) < 4.78 is 0. The van der Waals surface area contributed by atoms with Crippen LogP contribution < -0.4 is 0 Å². The molecule has 0 spiro atoms. The predicted molar refractivity (Wildman–Crippen MR) is 83.0 cm³/mol. The van der Waals surface area contributed by atoms with Gasteiger partial charge in [0, 0.05) is 20.4 Å². The number of hydrogen-bond acceptors (Lipinski definition) is 0. The van der Waals surface area contributed by atoms with Crippen molar-refractivity contribution in [3.63, 3.8) is 0 Å². The predicted octanol–water partition coefficient (Wildman–Crippen LogP) is 5.98. The van der Waals surface area contributed by atoms with Crippen LogP contribution in [0.4, 0.5) is 0 Å². The Kier molecular flexibility index (Phi) is 4.71. The average molecular weight is 344 g/mol. The first kappa shape index (κ1) is 13.9. The van der Waals surface area contributed by atoms with Crippen molar-refractivity contribution in [2.45, 2.75) is 18.2 Å². The maximum atomic E-state index is 6.21. The van der Waals surface area contributed by atoms with E-state index in [-0.39, 0.29) is 4.83 Å². The van der Waals surface area contributed by atoms with Gasteiger partial charge < -0.3 is 0 Å². The molecule has 0 bridgehead atoms. The Bertz CT molecular complexity index is 532. The molecule has 0 heterocycles. The molecule has 0 aromatic heterocycles. The quantitative estimate of drug-likeness (QED) is 0.601. The minimum atomic E-state index is 0.125. The van der Waals surface area contributed by atoms with E-state index in [0.29, 0.717) is 10.0 Å². The number of aryl methyl sites for hydroxylation is 1. The zero-order valence-electron chi connectivity index (χ0n) is 9.96. The van der Waals surface area contributed by atoms with E-state index >= 15 is 0 Å². The molecule has 0 amide bonds. The van der Waals surface area contributed by atoms with Crippen LogP contribution in [0.1, 0.15) is 21.5 Å². The average Bonchev–Trinajstić information content (AvgIpc) is 2.28. The summed E-state index contributed by atoms with van der Waals surface area (Å²) in [5, 5.41) is 1.41. The van der Waals surface area contributed by atoms with Crippen LogP contribution in [-0.4, -0.2) is 0 Å². The highest BCUT2D eigenvalue weighted by molar-refractivity contribution is 9.09. The van der Waals surface area contributed by atoms with Gasteiger partial charge in [-0.15, -0.1) is 0 Å². The van der Waals surface area contributed by atoms with Gasteiger partial charge in [0.05, 0.1) is 0 Å². The zero-order valence-corrected chi connectivity index (χ0v) is 13.1. The van der Waals surface area contributed by atoms with E-state index in [2.05, 4.69) is 47.1 Å². The summed E-state index contributed by atoms with van der Waals surface area (Å²) in [6, 6.07) is 14.1. The lowest BCUT2D eigenvalue weighted by molar-refractivity contribution is 0.947. The topological polar surface area (TPSA) is 0 Å². The number of halogens is 3. The SMILES string of the molecule is Cc1cccc(CC(Br)c2c(Cl)cccc2Cl)c1. The van der Waals surface area contributed by atoms with E-state index in [9.17, 15) is 0 Å². The lowest BCUT2D eigenvalue weighted by Crippen LogP contribution is -1.97. The van der Waals surface area contributed by atoms with Gasteiger partial charge in [0.25, 0.3) is 0 Å². The van der Waals surface area contributed by atoms with Crippen molar-refractivity contribution in [3.05, 3.63) is 69.2 Å². The van der Waals surface area contributed by atoms with Crippen LogP contribution in [0.2, 0.25) is 10.0 Å². The van der Waals surface area contributed by atoms with Crippen LogP contribution in [0.25, 0.3) is 0 Å². The molecule has 3 heteroatoms. The standard InChI is InChI=1S/C15H13BrCl2/c1-10-4-2-5-11(8-10)9-12(16)15-13(17)6-3-7-14(15)18/h2-8,12H,9H2,1H3. The number of hydrogen-bond donors (Lipinski definition) is 0. The summed E-state index contributed by atoms with van der Waals surface area (Å²) in [5.74, 6) is 0. The lowest BCUT2D eigenvalue weighted by Gasteiger charge is -2.14. The highest BCUT2D eigenvalue weighted by atomic mass is 79.9. The molecule has 2 aromatic carbocycles. The van der Waals surface area contributed by atoms with Gasteiger partial charge in [-0.1, -0.05) is 75.0 Å². The summed E-state index contributed by atoms with van der Waals surface area (Å²) in [6.07, 6.45) is 0.866. The van der Waals surface area contributed by atoms with E-state index in [4.69, 9.17) is 23.2 Å². The maximum Gasteiger partial charge on any atom is 0.0465 e. The minimum absolute atomic E-state index is 0.125. The van der Waals surface area contributed by atoms with Gasteiger partial charge in [-0.2, -0.15) is 0 Å². The minimum Gasteiger partial charge on any atom is -0.0839 e. The first-order valence-electron chi connectivity index (χ1n) is 5.71. The second kappa shape index (κ2) is 6.10. The Morgan fingerprint density at radius 3 is 2.28 bits per heavy atom. The summed E-state index contributed by atoms with van der Waals surface area (Å²) in [6.45, 7) is 2.09. The third-order valence-corrected chi connectivity index (χ3v) is 4.25. The molecule has 94 valence electrons. The molecule has 0 saturated carbocycles. The van der Waals surface area contributed by atoms with Crippen LogP contribution in [0.5, 0.6) is 0 Å². The molecule has 0 nitrogen and oxygen atoms in total. The van der Waals surface area contributed by atoms with Crippen LogP contribution in [0.15, 0.2) is 42.5 Å². The lowest BCUT2D eigenvalue weighted by atomic mass is 10.0. The fourth-order valence-corrected chi connectivity index (χ4v) is 3.75. The van der Waals surface area contributed by atoms with E-state index in [0.717, 1.165) is 12.0 Å². The van der Waals surface area contributed by atoms with Gasteiger partial charge in [0.15, 0.2) is 0 Å². The molecule has 1 unspecified atom stereocenters. The second-order valence-electron chi connectivity index (χ2n) is 4.30. The van der Waals surface area contributed by atoms with Gasteiger partial charge in [-0.3, -0.25) is 0 Å². The molecular formula is C15H13BrCl2. The van der Waals surface area contributed by atoms with Crippen molar-refractivity contribution in [1.29, 1.82) is 0 Å². The van der Waals surface area contributed by atoms with E-state index in [1.165, 1.54) is 11.1 Å². The molecular weight excluding hydrogens is 331 g/mol. The van der Waals surface area contributed by atoms with Crippen LogP contribution in [-0.2, 0) is 6.42 Å². The molecule has 0 radical (unpaired) electrons. The molecule has 2 rings (SSSR count). The Labute approximate surface area is 126 Å². The van der Waals surface area contributed by atoms with Crippen LogP contribution in [0, 0.1) is 6.92 Å². The maximum absolute atomic E-state index is 6.21. The highest BCUT2D eigenvalue weighted by Crippen LogP contribution is 2.37. The van der Waals surface area contributed by atoms with E-state index in [1.807, 2.05) is 18.2 Å². The zero-order chi connectivity index (χ0) is 13.1. The van der Waals surface area contributed by atoms with Crippen molar-refractivity contribution in [2.24, 2.45) is 0 Å². The number of alkyl halides is 1. The van der Waals surface area contributed by atoms with E-state index < -0.39 is 0 Å². The largest absolute Gasteiger partial charge is 0.0839 e. The molecule has 18 heavy (non-hydrogen) atoms. The number of rotatable bonds is 3. The monoisotopic (exact) mass is 342 g/mol. The van der Waals surface area contributed by atoms with E-state index in [1.54, 1.807) is 0 Å². The van der Waals surface area contributed by atoms with Crippen molar-refractivity contribution < 1.29 is 0 Å². The molecule has 0 aliphatic heterocycles. The normalized spacial score (nSPS) is 12.4. The Balaban J connectivity index is 2.25. The number of benzene rings is 2. The fraction of sp³-hybridized carbons (Fsp3) is 0.200. The first-order valence-corrected chi connectivity index (χ1v) is 7.38. The smallest absolute Gasteiger partial charge is 0.0465 e. The van der Waals surface area contributed by atoms with Crippen molar-refractivity contribution in [3.8, 4) is 0 Å². The second-order valence-corrected chi connectivity index (χ2v) is 6.22. The molecule has 2 aromatic rings. The third-order valence-electron chi connectivity index (χ3n) is 2.81. The highest BCUT2D eigenvalue weighted by Gasteiger charge is 2.15. The summed E-state index contributed by atoms with van der Waals surface area (Å²) in [5.41, 5.74) is 3.49. The van der Waals surface area contributed by atoms with Crippen LogP contribution >= 0.6 is 39.1 Å². The molecule has 0 aliphatic rings. The molecule has 0 saturated heterocycles. The van der Waals surface area contributed by atoms with Gasteiger partial charge >= 0.3 is 0 Å². The summed E-state index contributed by atoms with van der Waals surface area (Å²) in [7, 11) is 0. The van der Waals surface area contributed by atoms with Crippen LogP contribution in [0.3, 0.4) is 0 Å². The Morgan fingerprint density at radius 1 is 1.06 bits per heavy atom. The fourth-order valence-electron chi connectivity index (χ4n) is 1.96. The van der Waals surface area contributed by atoms with Crippen molar-refractivity contribution >= 4 is 39.1 Å². The van der Waals surface area contributed by atoms with Gasteiger partial charge in [0.2, 0.25) is 0 Å². The molecule has 0 N–H and O–H groups in total. The van der Waals surface area contributed by atoms with Gasteiger partial charge in [-0.25, -0.2) is 0 Å². The Hall–Kier alpha value is -0.500.